The van der Waals surface area contributed by atoms with Gasteiger partial charge < -0.3 is 15.0 Å². The number of carbonyl (C=O) groups is 4. The topological polar surface area (TPSA) is 92.8 Å². The van der Waals surface area contributed by atoms with Crippen LogP contribution < -0.4 is 5.32 Å². The summed E-state index contributed by atoms with van der Waals surface area (Å²) in [6.07, 6.45) is 5.62. The van der Waals surface area contributed by atoms with E-state index in [0.29, 0.717) is 24.2 Å². The lowest BCUT2D eigenvalue weighted by atomic mass is 10.1. The summed E-state index contributed by atoms with van der Waals surface area (Å²) in [5.74, 6) is -1.37. The number of hydrogen-bond acceptors (Lipinski definition) is 5. The summed E-state index contributed by atoms with van der Waals surface area (Å²) in [6, 6.07) is 6.74. The molecule has 0 radical (unpaired) electrons. The van der Waals surface area contributed by atoms with Crippen molar-refractivity contribution in [3.63, 3.8) is 0 Å². The summed E-state index contributed by atoms with van der Waals surface area (Å²) in [7, 11) is 0. The van der Waals surface area contributed by atoms with Gasteiger partial charge in [-0.25, -0.2) is 0 Å². The zero-order valence-electron chi connectivity index (χ0n) is 16.8. The second-order valence-corrected chi connectivity index (χ2v) is 7.79. The highest BCUT2D eigenvalue weighted by Gasteiger charge is 2.39. The molecule has 2 fully saturated rings. The number of anilines is 1. The molecule has 29 heavy (non-hydrogen) atoms. The van der Waals surface area contributed by atoms with Crippen LogP contribution in [-0.4, -0.2) is 47.7 Å². The number of nitrogens with zero attached hydrogens (tertiary/aromatic N) is 1. The molecule has 3 rings (SSSR count). The standard InChI is InChI=1S/C22H28N2O5/c1-2-5-20(26)23-17-10-8-15(9-11-17)19(25)14-29-22(28)16-12-21(27)24(13-16)18-6-3-4-7-18/h8-11,16,18H,2-7,12-14H2,1H3,(H,23,26)/t16-/m0/s1. The van der Waals surface area contributed by atoms with Crippen molar-refractivity contribution in [1.82, 2.24) is 4.90 Å². The molecule has 7 heteroatoms. The zero-order chi connectivity index (χ0) is 20.8. The molecule has 0 unspecified atom stereocenters. The van der Waals surface area contributed by atoms with E-state index in [-0.39, 0.29) is 36.7 Å². The Labute approximate surface area is 170 Å². The molecule has 0 spiro atoms. The second kappa shape index (κ2) is 9.67. The van der Waals surface area contributed by atoms with E-state index >= 15 is 0 Å². The van der Waals surface area contributed by atoms with Crippen molar-refractivity contribution in [1.29, 1.82) is 0 Å². The van der Waals surface area contributed by atoms with Crippen LogP contribution in [0, 0.1) is 5.92 Å². The van der Waals surface area contributed by atoms with E-state index in [0.717, 1.165) is 32.1 Å². The molecule has 1 aromatic rings. The number of rotatable bonds is 8. The first-order chi connectivity index (χ1) is 14.0. The minimum absolute atomic E-state index is 0.00545. The van der Waals surface area contributed by atoms with Crippen molar-refractivity contribution >= 4 is 29.3 Å². The normalized spacial score (nSPS) is 19.4. The van der Waals surface area contributed by atoms with Crippen LogP contribution in [0.2, 0.25) is 0 Å². The van der Waals surface area contributed by atoms with Crippen molar-refractivity contribution in [2.24, 2.45) is 5.92 Å². The molecule has 156 valence electrons. The van der Waals surface area contributed by atoms with Crippen molar-refractivity contribution in [3.8, 4) is 0 Å². The largest absolute Gasteiger partial charge is 0.457 e. The highest BCUT2D eigenvalue weighted by atomic mass is 16.5. The molecule has 1 saturated carbocycles. The fraction of sp³-hybridized carbons (Fsp3) is 0.545. The predicted molar refractivity (Wildman–Crippen MR) is 107 cm³/mol. The Bertz CT molecular complexity index is 768. The van der Waals surface area contributed by atoms with Crippen LogP contribution in [0.25, 0.3) is 0 Å². The summed E-state index contributed by atoms with van der Waals surface area (Å²) in [5, 5.41) is 2.76. The number of Topliss-reactive ketones (excluding diaryl/α,β-unsaturated/α-hetero) is 1. The van der Waals surface area contributed by atoms with E-state index in [1.807, 2.05) is 11.8 Å². The highest BCUT2D eigenvalue weighted by Crippen LogP contribution is 2.29. The Balaban J connectivity index is 1.47. The number of nitrogens with one attached hydrogen (secondary N) is 1. The lowest BCUT2D eigenvalue weighted by Gasteiger charge is -2.23. The predicted octanol–water partition coefficient (Wildman–Crippen LogP) is 2.94. The Hall–Kier alpha value is -2.70. The van der Waals surface area contributed by atoms with Crippen molar-refractivity contribution in [3.05, 3.63) is 29.8 Å². The SMILES string of the molecule is CCCC(=O)Nc1ccc(C(=O)COC(=O)[C@H]2CC(=O)N(C3CCCC3)C2)cc1. The average Bonchev–Trinajstić information content (AvgIpc) is 3.36. The number of ether oxygens (including phenoxy) is 1. The molecular weight excluding hydrogens is 372 g/mol. The van der Waals surface area contributed by atoms with Gasteiger partial charge in [0.25, 0.3) is 0 Å². The van der Waals surface area contributed by atoms with E-state index < -0.39 is 11.9 Å². The van der Waals surface area contributed by atoms with Crippen LogP contribution in [0.1, 0.15) is 62.2 Å². The minimum atomic E-state index is -0.493. The van der Waals surface area contributed by atoms with Crippen LogP contribution in [0.15, 0.2) is 24.3 Å². The first-order valence-electron chi connectivity index (χ1n) is 10.4. The van der Waals surface area contributed by atoms with E-state index in [9.17, 15) is 19.2 Å². The molecule has 1 aliphatic carbocycles. The molecule has 1 aliphatic heterocycles. The van der Waals surface area contributed by atoms with E-state index in [4.69, 9.17) is 4.74 Å². The molecule has 2 amide bonds. The molecule has 0 bridgehead atoms. The molecular formula is C22H28N2O5. The molecule has 1 atom stereocenters. The third kappa shape index (κ3) is 5.43. The van der Waals surface area contributed by atoms with Gasteiger partial charge in [0.2, 0.25) is 11.8 Å². The van der Waals surface area contributed by atoms with Crippen molar-refractivity contribution in [2.75, 3.05) is 18.5 Å². The number of hydrogen-bond donors (Lipinski definition) is 1. The van der Waals surface area contributed by atoms with Crippen LogP contribution in [0.4, 0.5) is 5.69 Å². The van der Waals surface area contributed by atoms with Gasteiger partial charge in [-0.2, -0.15) is 0 Å². The van der Waals surface area contributed by atoms with Gasteiger partial charge in [0, 0.05) is 36.7 Å². The fourth-order valence-corrected chi connectivity index (χ4v) is 3.99. The number of likely N-dealkylation sites (tertiary alicyclic amines) is 1. The number of amides is 2. The van der Waals surface area contributed by atoms with Gasteiger partial charge in [-0.1, -0.05) is 19.8 Å². The van der Waals surface area contributed by atoms with Crippen LogP contribution in [0.3, 0.4) is 0 Å². The molecule has 1 aromatic carbocycles. The summed E-state index contributed by atoms with van der Waals surface area (Å²) >= 11 is 0. The molecule has 7 nitrogen and oxygen atoms in total. The second-order valence-electron chi connectivity index (χ2n) is 7.79. The summed E-state index contributed by atoms with van der Waals surface area (Å²) in [4.78, 5) is 50.2. The molecule has 2 aliphatic rings. The lowest BCUT2D eigenvalue weighted by molar-refractivity contribution is -0.147. The maximum atomic E-state index is 12.3. The average molecular weight is 400 g/mol. The van der Waals surface area contributed by atoms with Gasteiger partial charge in [0.15, 0.2) is 12.4 Å². The first kappa shape index (κ1) is 21.0. The van der Waals surface area contributed by atoms with Gasteiger partial charge in [0.1, 0.15) is 0 Å². The van der Waals surface area contributed by atoms with Crippen LogP contribution in [-0.2, 0) is 19.1 Å². The van der Waals surface area contributed by atoms with E-state index in [1.54, 1.807) is 24.3 Å². The number of ketones is 1. The zero-order valence-corrected chi connectivity index (χ0v) is 16.8. The molecule has 0 aromatic heterocycles. The Morgan fingerprint density at radius 2 is 1.83 bits per heavy atom. The molecule has 1 N–H and O–H groups in total. The maximum absolute atomic E-state index is 12.3. The summed E-state index contributed by atoms with van der Waals surface area (Å²) in [5.41, 5.74) is 1.02. The van der Waals surface area contributed by atoms with Crippen molar-refractivity contribution in [2.45, 2.75) is 57.9 Å². The smallest absolute Gasteiger partial charge is 0.311 e. The van der Waals surface area contributed by atoms with Gasteiger partial charge in [-0.05, 0) is 43.5 Å². The summed E-state index contributed by atoms with van der Waals surface area (Å²) in [6.45, 7) is 1.97. The quantitative estimate of drug-likeness (QED) is 0.535. The third-order valence-corrected chi connectivity index (χ3v) is 5.57. The van der Waals surface area contributed by atoms with Gasteiger partial charge in [-0.3, -0.25) is 19.2 Å². The molecule has 1 saturated heterocycles. The van der Waals surface area contributed by atoms with Crippen LogP contribution in [0.5, 0.6) is 0 Å². The monoisotopic (exact) mass is 400 g/mol. The fourth-order valence-electron chi connectivity index (χ4n) is 3.99. The Morgan fingerprint density at radius 3 is 2.48 bits per heavy atom. The Kier molecular flexibility index (Phi) is 7.01. The van der Waals surface area contributed by atoms with Gasteiger partial charge in [-0.15, -0.1) is 0 Å². The van der Waals surface area contributed by atoms with Gasteiger partial charge in [0.05, 0.1) is 5.92 Å². The van der Waals surface area contributed by atoms with E-state index in [1.165, 1.54) is 0 Å². The number of carbonyl (C=O) groups excluding carboxylic acids is 4. The third-order valence-electron chi connectivity index (χ3n) is 5.57. The number of esters is 1. The highest BCUT2D eigenvalue weighted by molar-refractivity contribution is 5.99. The Morgan fingerprint density at radius 1 is 1.14 bits per heavy atom. The van der Waals surface area contributed by atoms with E-state index in [2.05, 4.69) is 5.32 Å². The van der Waals surface area contributed by atoms with Crippen LogP contribution >= 0.6 is 0 Å². The number of benzene rings is 1. The van der Waals surface area contributed by atoms with Gasteiger partial charge >= 0.3 is 5.97 Å². The first-order valence-corrected chi connectivity index (χ1v) is 10.4. The van der Waals surface area contributed by atoms with Crippen molar-refractivity contribution < 1.29 is 23.9 Å². The lowest BCUT2D eigenvalue weighted by Crippen LogP contribution is -2.35. The minimum Gasteiger partial charge on any atom is -0.457 e. The maximum Gasteiger partial charge on any atom is 0.311 e. The summed E-state index contributed by atoms with van der Waals surface area (Å²) < 4.78 is 5.19. The molecule has 1 heterocycles.